The summed E-state index contributed by atoms with van der Waals surface area (Å²) in [5.41, 5.74) is 1.11. The van der Waals surface area contributed by atoms with Crippen LogP contribution in [0.3, 0.4) is 0 Å². The van der Waals surface area contributed by atoms with Crippen molar-refractivity contribution >= 4 is 36.0 Å². The summed E-state index contributed by atoms with van der Waals surface area (Å²) >= 11 is 0. The number of carbonyl (C=O) groups excluding carboxylic acids is 1. The zero-order valence-corrected chi connectivity index (χ0v) is 28.0. The predicted octanol–water partition coefficient (Wildman–Crippen LogP) is 6.72. The highest BCUT2D eigenvalue weighted by molar-refractivity contribution is 7.84. The highest BCUT2D eigenvalue weighted by atomic mass is 32.2. The van der Waals surface area contributed by atoms with Crippen molar-refractivity contribution in [2.75, 3.05) is 6.61 Å². The molecule has 0 spiro atoms. The standard InChI is InChI=1S/C29H45F5N4O4SSi/c1-27(2,3)43(41)37-24(20-8-7-12-28(30,31)17-20)25-35-21-10-9-19(26(40)36-23(39)11-13-29(32,33)34)16-22(21)38(25)18-42-14-15-44(4,5)6/h9-10,16,20,24,26,37,40H,7-8,11-15,17-18H2,1-6H3,(H,36,39)/t20-,24?,26-,43?/m1/s1. The minimum Gasteiger partial charge on any atom is -0.369 e. The van der Waals surface area contributed by atoms with Crippen LogP contribution in [-0.4, -0.2) is 56.3 Å². The van der Waals surface area contributed by atoms with Gasteiger partial charge in [-0.3, -0.25) is 4.79 Å². The van der Waals surface area contributed by atoms with Crippen LogP contribution < -0.4 is 10.0 Å². The van der Waals surface area contributed by atoms with Crippen LogP contribution in [-0.2, 0) is 27.2 Å². The van der Waals surface area contributed by atoms with Crippen LogP contribution >= 0.6 is 0 Å². The van der Waals surface area contributed by atoms with E-state index in [1.54, 1.807) is 31.4 Å². The minimum absolute atomic E-state index is 0.00273. The van der Waals surface area contributed by atoms with E-state index in [4.69, 9.17) is 9.72 Å². The number of nitrogens with one attached hydrogen (secondary N) is 2. The second-order valence-corrected chi connectivity index (χ2v) is 21.4. The van der Waals surface area contributed by atoms with Gasteiger partial charge in [-0.2, -0.15) is 13.2 Å². The Hall–Kier alpha value is -1.94. The SMILES string of the molecule is CC(C)(C)S(=O)NC(c1nc2ccc([C@@H](O)NC(=O)CCC(F)(F)F)cc2n1COCC[Si](C)(C)C)[C@@H]1CCCC(F)(F)C1. The van der Waals surface area contributed by atoms with Gasteiger partial charge in [-0.05, 0) is 57.7 Å². The lowest BCUT2D eigenvalue weighted by atomic mass is 9.81. The Morgan fingerprint density at radius 1 is 1.25 bits per heavy atom. The van der Waals surface area contributed by atoms with Crippen molar-refractivity contribution in [3.63, 3.8) is 0 Å². The normalized spacial score (nSPS) is 20.0. The number of hydrogen-bond donors (Lipinski definition) is 3. The van der Waals surface area contributed by atoms with Gasteiger partial charge in [-0.25, -0.2) is 22.7 Å². The van der Waals surface area contributed by atoms with Crippen LogP contribution in [0, 0.1) is 5.92 Å². The molecule has 3 rings (SSSR count). The zero-order chi connectivity index (χ0) is 33.1. The smallest absolute Gasteiger partial charge is 0.369 e. The molecule has 1 aliphatic rings. The fourth-order valence-corrected chi connectivity index (χ4v) is 6.58. The molecule has 250 valence electrons. The number of nitrogens with zero attached hydrogens (tertiary/aromatic N) is 2. The number of imidazole rings is 1. The first-order valence-electron chi connectivity index (χ1n) is 14.8. The van der Waals surface area contributed by atoms with Crippen molar-refractivity contribution in [1.29, 1.82) is 0 Å². The molecule has 0 aliphatic heterocycles. The Morgan fingerprint density at radius 2 is 1.93 bits per heavy atom. The van der Waals surface area contributed by atoms with Gasteiger partial charge in [0.05, 0.1) is 39.2 Å². The van der Waals surface area contributed by atoms with Crippen molar-refractivity contribution in [2.24, 2.45) is 5.92 Å². The van der Waals surface area contributed by atoms with Gasteiger partial charge in [-0.15, -0.1) is 0 Å². The first-order chi connectivity index (χ1) is 20.2. The number of amides is 1. The maximum absolute atomic E-state index is 14.7. The Kier molecular flexibility index (Phi) is 11.8. The molecule has 44 heavy (non-hydrogen) atoms. The number of rotatable bonds is 13. The average Bonchev–Trinajstić information content (AvgIpc) is 3.23. The number of aromatic nitrogens is 2. The lowest BCUT2D eigenvalue weighted by Crippen LogP contribution is -2.42. The van der Waals surface area contributed by atoms with Gasteiger partial charge >= 0.3 is 6.18 Å². The molecule has 8 nitrogen and oxygen atoms in total. The van der Waals surface area contributed by atoms with Gasteiger partial charge in [-0.1, -0.05) is 25.7 Å². The lowest BCUT2D eigenvalue weighted by Gasteiger charge is -2.35. The summed E-state index contributed by atoms with van der Waals surface area (Å²) in [5, 5.41) is 12.8. The summed E-state index contributed by atoms with van der Waals surface area (Å²) in [4.78, 5) is 16.8. The van der Waals surface area contributed by atoms with E-state index >= 15 is 0 Å². The zero-order valence-electron chi connectivity index (χ0n) is 26.2. The van der Waals surface area contributed by atoms with Crippen LogP contribution in [0.4, 0.5) is 22.0 Å². The number of halogens is 5. The monoisotopic (exact) mass is 668 g/mol. The van der Waals surface area contributed by atoms with Gasteiger partial charge in [0.2, 0.25) is 11.8 Å². The maximum Gasteiger partial charge on any atom is 0.389 e. The van der Waals surface area contributed by atoms with Crippen LogP contribution in [0.15, 0.2) is 18.2 Å². The van der Waals surface area contributed by atoms with E-state index in [9.17, 15) is 36.1 Å². The largest absolute Gasteiger partial charge is 0.389 e. The third kappa shape index (κ3) is 10.8. The molecule has 1 heterocycles. The highest BCUT2D eigenvalue weighted by Crippen LogP contribution is 2.43. The highest BCUT2D eigenvalue weighted by Gasteiger charge is 2.42. The summed E-state index contributed by atoms with van der Waals surface area (Å²) in [7, 11) is -3.06. The quantitative estimate of drug-likeness (QED) is 0.0952. The van der Waals surface area contributed by atoms with Crippen molar-refractivity contribution in [3.8, 4) is 0 Å². The van der Waals surface area contributed by atoms with Gasteiger partial charge in [0.1, 0.15) is 12.6 Å². The molecule has 1 fully saturated rings. The lowest BCUT2D eigenvalue weighted by molar-refractivity contribution is -0.145. The molecule has 2 unspecified atom stereocenters. The van der Waals surface area contributed by atoms with E-state index in [2.05, 4.69) is 29.7 Å². The number of aliphatic hydroxyl groups is 1. The molecule has 0 radical (unpaired) electrons. The van der Waals surface area contributed by atoms with Crippen LogP contribution in [0.5, 0.6) is 0 Å². The van der Waals surface area contributed by atoms with Gasteiger partial charge < -0.3 is 19.7 Å². The summed E-state index contributed by atoms with van der Waals surface area (Å²) in [6, 6.07) is 4.65. The maximum atomic E-state index is 14.7. The number of hydrogen-bond acceptors (Lipinski definition) is 5. The number of aliphatic hydroxyl groups excluding tert-OH is 1. The van der Waals surface area contributed by atoms with E-state index in [0.717, 1.165) is 6.04 Å². The fraction of sp³-hybridized carbons (Fsp3) is 0.724. The topological polar surface area (TPSA) is 105 Å². The number of alkyl halides is 5. The molecule has 1 aliphatic carbocycles. The molecule has 1 saturated carbocycles. The molecule has 1 aromatic heterocycles. The predicted molar refractivity (Wildman–Crippen MR) is 163 cm³/mol. The van der Waals surface area contributed by atoms with E-state index in [0.29, 0.717) is 36.3 Å². The first kappa shape index (κ1) is 36.5. The third-order valence-corrected chi connectivity index (χ3v) is 10.8. The number of carbonyl (C=O) groups is 1. The van der Waals surface area contributed by atoms with Crippen molar-refractivity contribution in [3.05, 3.63) is 29.6 Å². The van der Waals surface area contributed by atoms with Crippen molar-refractivity contribution < 1.29 is 40.8 Å². The molecule has 2 aromatic rings. The molecule has 1 amide bonds. The van der Waals surface area contributed by atoms with E-state index in [1.807, 2.05) is 0 Å². The van der Waals surface area contributed by atoms with Gasteiger partial charge in [0.25, 0.3) is 0 Å². The molecule has 1 aromatic carbocycles. The van der Waals surface area contributed by atoms with Crippen molar-refractivity contribution in [2.45, 2.75) is 121 Å². The fourth-order valence-electron chi connectivity index (χ4n) is 4.95. The summed E-state index contributed by atoms with van der Waals surface area (Å²) in [6.45, 7) is 12.4. The van der Waals surface area contributed by atoms with Crippen molar-refractivity contribution in [1.82, 2.24) is 19.6 Å². The Labute approximate surface area is 259 Å². The number of benzene rings is 1. The Bertz CT molecular complexity index is 1310. The van der Waals surface area contributed by atoms with E-state index < -0.39 is 79.3 Å². The van der Waals surface area contributed by atoms with E-state index in [1.165, 1.54) is 12.1 Å². The number of fused-ring (bicyclic) bond motifs is 1. The van der Waals surface area contributed by atoms with Gasteiger partial charge in [0.15, 0.2) is 6.23 Å². The summed E-state index contributed by atoms with van der Waals surface area (Å²) in [5.74, 6) is -4.07. The molecule has 0 bridgehead atoms. The molecule has 15 heteroatoms. The minimum atomic E-state index is -4.51. The Morgan fingerprint density at radius 3 is 2.52 bits per heavy atom. The molecular formula is C29H45F5N4O4SSi. The molecule has 3 N–H and O–H groups in total. The molecule has 0 saturated heterocycles. The van der Waals surface area contributed by atoms with Crippen LogP contribution in [0.1, 0.15) is 83.0 Å². The second kappa shape index (κ2) is 14.2. The van der Waals surface area contributed by atoms with Crippen LogP contribution in [0.2, 0.25) is 25.7 Å². The molecule has 4 atom stereocenters. The summed E-state index contributed by atoms with van der Waals surface area (Å²) in [6.07, 6.45) is -8.11. The molecular weight excluding hydrogens is 623 g/mol. The van der Waals surface area contributed by atoms with Crippen LogP contribution in [0.25, 0.3) is 11.0 Å². The number of ether oxygens (including phenoxy) is 1. The third-order valence-electron chi connectivity index (χ3n) is 7.49. The first-order valence-corrected chi connectivity index (χ1v) is 19.7. The second-order valence-electron chi connectivity index (χ2n) is 13.8. The summed E-state index contributed by atoms with van der Waals surface area (Å²) < 4.78 is 90.4. The Balaban J connectivity index is 2.03. The van der Waals surface area contributed by atoms with E-state index in [-0.39, 0.29) is 18.7 Å². The average molecular weight is 669 g/mol. The van der Waals surface area contributed by atoms with Gasteiger partial charge in [0, 0.05) is 39.5 Å².